The topological polar surface area (TPSA) is 103 Å². The Bertz CT molecular complexity index is 845. The summed E-state index contributed by atoms with van der Waals surface area (Å²) in [6, 6.07) is 4.27. The Balaban J connectivity index is 2.00. The van der Waals surface area contributed by atoms with Crippen molar-refractivity contribution in [2.24, 2.45) is 0 Å². The second kappa shape index (κ2) is 5.11. The van der Waals surface area contributed by atoms with Gasteiger partial charge in [0, 0.05) is 22.2 Å². The number of fused-ring (bicyclic) bond motifs is 1. The lowest BCUT2D eigenvalue weighted by Gasteiger charge is -2.02. The zero-order valence-corrected chi connectivity index (χ0v) is 11.8. The highest BCUT2D eigenvalue weighted by molar-refractivity contribution is 7.21. The molecule has 21 heavy (non-hydrogen) atoms. The van der Waals surface area contributed by atoms with Crippen LogP contribution in [0.1, 0.15) is 9.67 Å². The monoisotopic (exact) mass is 323 g/mol. The summed E-state index contributed by atoms with van der Waals surface area (Å²) in [5.41, 5.74) is 2.47. The van der Waals surface area contributed by atoms with Crippen molar-refractivity contribution in [3.05, 3.63) is 50.9 Å². The third-order valence-corrected chi connectivity index (χ3v) is 4.34. The van der Waals surface area contributed by atoms with Crippen LogP contribution in [0.5, 0.6) is 0 Å². The number of nitro benzene ring substituents is 1. The lowest BCUT2D eigenvalue weighted by Crippen LogP contribution is -2.20. The molecule has 0 atom stereocenters. The van der Waals surface area contributed by atoms with E-state index in [1.807, 2.05) is 0 Å². The Morgan fingerprint density at radius 2 is 2.10 bits per heavy atom. The second-order valence-electron chi connectivity index (χ2n) is 3.99. The van der Waals surface area contributed by atoms with Crippen LogP contribution in [0.25, 0.3) is 10.1 Å². The van der Waals surface area contributed by atoms with E-state index >= 15 is 0 Å². The van der Waals surface area contributed by atoms with E-state index in [1.54, 1.807) is 0 Å². The molecule has 0 aliphatic rings. The molecule has 1 aromatic carbocycles. The molecule has 0 fully saturated rings. The molecule has 106 valence electrons. The van der Waals surface area contributed by atoms with Crippen molar-refractivity contribution in [2.75, 3.05) is 5.43 Å². The van der Waals surface area contributed by atoms with E-state index in [0.717, 1.165) is 11.3 Å². The van der Waals surface area contributed by atoms with E-state index in [0.29, 0.717) is 10.1 Å². The van der Waals surface area contributed by atoms with Gasteiger partial charge in [0.2, 0.25) is 0 Å². The Morgan fingerprint density at radius 3 is 2.76 bits per heavy atom. The van der Waals surface area contributed by atoms with Crippen LogP contribution in [0.15, 0.2) is 30.9 Å². The van der Waals surface area contributed by atoms with Crippen molar-refractivity contribution in [1.29, 1.82) is 0 Å². The van der Waals surface area contributed by atoms with Gasteiger partial charge in [-0.15, -0.1) is 21.5 Å². The Morgan fingerprint density at radius 1 is 1.38 bits per heavy atom. The maximum atomic E-state index is 12.1. The average Bonchev–Trinajstić information content (AvgIpc) is 3.06. The summed E-state index contributed by atoms with van der Waals surface area (Å²) in [5, 5.41) is 18.7. The summed E-state index contributed by atoms with van der Waals surface area (Å²) in [6.45, 7) is 0. The minimum absolute atomic E-state index is 0.0498. The summed E-state index contributed by atoms with van der Waals surface area (Å²) in [5.74, 6) is -0.441. The van der Waals surface area contributed by atoms with Gasteiger partial charge < -0.3 is 0 Å². The number of rotatable bonds is 3. The zero-order chi connectivity index (χ0) is 15.0. The lowest BCUT2D eigenvalue weighted by molar-refractivity contribution is -0.384. The number of aromatic nitrogens is 3. The molecule has 0 saturated carbocycles. The standard InChI is InChI=1S/C11H6ClN5O3S/c12-9-7-2-1-6(17(19)20)3-8(7)21-10(9)11(18)15-16-4-13-14-5-16/h1-5H,(H,15,18). The Kier molecular flexibility index (Phi) is 3.28. The van der Waals surface area contributed by atoms with E-state index in [-0.39, 0.29) is 15.6 Å². The van der Waals surface area contributed by atoms with Gasteiger partial charge in [0.1, 0.15) is 17.5 Å². The van der Waals surface area contributed by atoms with Crippen LogP contribution in [-0.2, 0) is 0 Å². The molecule has 10 heteroatoms. The molecule has 1 N–H and O–H groups in total. The largest absolute Gasteiger partial charge is 0.281 e. The number of nitrogens with one attached hydrogen (secondary N) is 1. The number of halogens is 1. The number of hydrogen-bond acceptors (Lipinski definition) is 6. The maximum Gasteiger partial charge on any atom is 0.281 e. The van der Waals surface area contributed by atoms with Gasteiger partial charge in [0.15, 0.2) is 0 Å². The first-order valence-corrected chi connectivity index (χ1v) is 6.78. The van der Waals surface area contributed by atoms with E-state index in [9.17, 15) is 14.9 Å². The van der Waals surface area contributed by atoms with Crippen LogP contribution in [0.2, 0.25) is 5.02 Å². The first kappa shape index (κ1) is 13.5. The Labute approximate surface area is 126 Å². The lowest BCUT2D eigenvalue weighted by atomic mass is 10.2. The molecular formula is C11H6ClN5O3S. The summed E-state index contributed by atoms with van der Waals surface area (Å²) < 4.78 is 1.86. The molecule has 2 heterocycles. The SMILES string of the molecule is O=C(Nn1cnnc1)c1sc2cc([N+](=O)[O-])ccc2c1Cl. The second-order valence-corrected chi connectivity index (χ2v) is 5.42. The van der Waals surface area contributed by atoms with Crippen molar-refractivity contribution in [2.45, 2.75) is 0 Å². The van der Waals surface area contributed by atoms with Crippen molar-refractivity contribution in [3.63, 3.8) is 0 Å². The molecular weight excluding hydrogens is 318 g/mol. The number of nitro groups is 1. The highest BCUT2D eigenvalue weighted by Gasteiger charge is 2.19. The van der Waals surface area contributed by atoms with E-state index < -0.39 is 10.8 Å². The van der Waals surface area contributed by atoms with Gasteiger partial charge in [0.05, 0.1) is 9.95 Å². The fourth-order valence-corrected chi connectivity index (χ4v) is 3.18. The highest BCUT2D eigenvalue weighted by Crippen LogP contribution is 2.37. The van der Waals surface area contributed by atoms with Crippen LogP contribution >= 0.6 is 22.9 Å². The number of amides is 1. The molecule has 1 amide bonds. The van der Waals surface area contributed by atoms with Crippen LogP contribution < -0.4 is 5.43 Å². The molecule has 0 bridgehead atoms. The zero-order valence-electron chi connectivity index (χ0n) is 10.2. The number of thiophene rings is 1. The van der Waals surface area contributed by atoms with Crippen molar-refractivity contribution in [1.82, 2.24) is 14.9 Å². The van der Waals surface area contributed by atoms with Gasteiger partial charge in [-0.1, -0.05) is 11.6 Å². The van der Waals surface area contributed by atoms with E-state index in [1.165, 1.54) is 35.5 Å². The third kappa shape index (κ3) is 2.43. The fourth-order valence-electron chi connectivity index (χ4n) is 1.74. The highest BCUT2D eigenvalue weighted by atomic mass is 35.5. The molecule has 0 aliphatic heterocycles. The first-order chi connectivity index (χ1) is 10.1. The molecule has 0 unspecified atom stereocenters. The van der Waals surface area contributed by atoms with Gasteiger partial charge in [-0.3, -0.25) is 20.3 Å². The summed E-state index contributed by atoms with van der Waals surface area (Å²) in [6.07, 6.45) is 2.65. The summed E-state index contributed by atoms with van der Waals surface area (Å²) >= 11 is 7.25. The minimum Gasteiger partial charge on any atom is -0.266 e. The summed E-state index contributed by atoms with van der Waals surface area (Å²) in [7, 11) is 0. The number of non-ortho nitro benzene ring substituents is 1. The van der Waals surface area contributed by atoms with Crippen molar-refractivity contribution >= 4 is 44.6 Å². The molecule has 0 spiro atoms. The molecule has 0 saturated heterocycles. The number of hydrogen-bond donors (Lipinski definition) is 1. The van der Waals surface area contributed by atoms with Crippen LogP contribution in [0, 0.1) is 10.1 Å². The molecule has 0 aliphatic carbocycles. The van der Waals surface area contributed by atoms with Crippen molar-refractivity contribution in [3.8, 4) is 0 Å². The first-order valence-electron chi connectivity index (χ1n) is 5.58. The normalized spacial score (nSPS) is 10.7. The Hall–Kier alpha value is -2.52. The molecule has 3 rings (SSSR count). The predicted octanol–water partition coefficient (Wildman–Crippen LogP) is 2.44. The van der Waals surface area contributed by atoms with Crippen LogP contribution in [0.4, 0.5) is 5.69 Å². The quantitative estimate of drug-likeness (QED) is 0.589. The number of carbonyl (C=O) groups is 1. The minimum atomic E-state index is -0.496. The van der Waals surface area contributed by atoms with Gasteiger partial charge in [-0.05, 0) is 6.07 Å². The molecule has 2 aromatic heterocycles. The van der Waals surface area contributed by atoms with Gasteiger partial charge >= 0.3 is 0 Å². The van der Waals surface area contributed by atoms with Gasteiger partial charge in [-0.25, -0.2) is 4.68 Å². The van der Waals surface area contributed by atoms with Crippen LogP contribution in [-0.4, -0.2) is 25.7 Å². The molecule has 3 aromatic rings. The molecule has 0 radical (unpaired) electrons. The number of nitrogens with zero attached hydrogens (tertiary/aromatic N) is 4. The molecule has 8 nitrogen and oxygen atoms in total. The van der Waals surface area contributed by atoms with Crippen LogP contribution in [0.3, 0.4) is 0 Å². The smallest absolute Gasteiger partial charge is 0.266 e. The number of benzene rings is 1. The van der Waals surface area contributed by atoms with E-state index in [2.05, 4.69) is 15.6 Å². The summed E-state index contributed by atoms with van der Waals surface area (Å²) in [4.78, 5) is 22.7. The fraction of sp³-hybridized carbons (Fsp3) is 0. The van der Waals surface area contributed by atoms with Gasteiger partial charge in [0.25, 0.3) is 11.6 Å². The number of carbonyl (C=O) groups excluding carboxylic acids is 1. The maximum absolute atomic E-state index is 12.1. The van der Waals surface area contributed by atoms with Gasteiger partial charge in [-0.2, -0.15) is 0 Å². The average molecular weight is 324 g/mol. The third-order valence-electron chi connectivity index (χ3n) is 2.68. The van der Waals surface area contributed by atoms with Crippen molar-refractivity contribution < 1.29 is 9.72 Å². The van der Waals surface area contributed by atoms with E-state index in [4.69, 9.17) is 11.6 Å². The predicted molar refractivity (Wildman–Crippen MR) is 77.2 cm³/mol.